The lowest BCUT2D eigenvalue weighted by molar-refractivity contribution is -0.893. The number of carbonyl (C=O) groups is 1. The molecule has 0 aliphatic heterocycles. The minimum absolute atomic E-state index is 0.0639. The number of amides is 1. The Kier molecular flexibility index (Phi) is 9.76. The number of aliphatic hydroxyl groups excluding tert-OH is 1. The fraction of sp³-hybridized carbons (Fsp3) is 0.969. The first-order valence-corrected chi connectivity index (χ1v) is 17.8. The van der Waals surface area contributed by atoms with Gasteiger partial charge in [-0.25, -0.2) is 8.42 Å². The molecule has 6 unspecified atom stereocenters. The second-order valence-electron chi connectivity index (χ2n) is 15.8. The number of nitrogens with one attached hydrogen (secondary N) is 1. The van der Waals surface area contributed by atoms with E-state index in [4.69, 9.17) is 0 Å². The summed E-state index contributed by atoms with van der Waals surface area (Å²) < 4.78 is 33.2. The van der Waals surface area contributed by atoms with Gasteiger partial charge < -0.3 is 19.5 Å². The summed E-state index contributed by atoms with van der Waals surface area (Å²) in [6, 6.07) is -0.117. The summed E-state index contributed by atoms with van der Waals surface area (Å²) in [4.78, 5) is 12.9. The highest BCUT2D eigenvalue weighted by atomic mass is 32.2. The van der Waals surface area contributed by atoms with Crippen LogP contribution < -0.4 is 5.32 Å². The standard InChI is InChI=1S/C32H58N2O5S/c1-22(10-15-30(36)33-23(2)19-34(5,6)20-25(35)21-40(37,38)39)27-13-14-28-26-12-11-24-9-7-8-17-31(24,3)29(26)16-18-32(27,28)4/h22-29,35H,7-21H2,1-6H3,(H-,33,36,37,38,39)/t22-,23?,24?,25?,26?,27-,28?,29?,31+,32-/m1/s1. The van der Waals surface area contributed by atoms with Crippen molar-refractivity contribution >= 4 is 16.0 Å². The molecule has 4 fully saturated rings. The summed E-state index contributed by atoms with van der Waals surface area (Å²) in [6.45, 7) is 10.3. The highest BCUT2D eigenvalue weighted by Gasteiger charge is 2.60. The third-order valence-corrected chi connectivity index (χ3v) is 13.2. The number of nitrogens with zero attached hydrogens (tertiary/aromatic N) is 1. The van der Waals surface area contributed by atoms with E-state index in [0.29, 0.717) is 40.1 Å². The monoisotopic (exact) mass is 582 g/mol. The van der Waals surface area contributed by atoms with E-state index in [9.17, 15) is 22.9 Å². The molecule has 10 atom stereocenters. The van der Waals surface area contributed by atoms with Gasteiger partial charge >= 0.3 is 0 Å². The first-order valence-electron chi connectivity index (χ1n) is 16.3. The van der Waals surface area contributed by atoms with Crippen LogP contribution in [-0.2, 0) is 14.9 Å². The molecule has 0 spiro atoms. The number of likely N-dealkylation sites (N-methyl/N-ethyl adjacent to an activating group) is 1. The highest BCUT2D eigenvalue weighted by molar-refractivity contribution is 7.85. The van der Waals surface area contributed by atoms with Crippen molar-refractivity contribution in [2.45, 2.75) is 117 Å². The summed E-state index contributed by atoms with van der Waals surface area (Å²) in [5, 5.41) is 13.1. The lowest BCUT2D eigenvalue weighted by atomic mass is 9.44. The van der Waals surface area contributed by atoms with E-state index >= 15 is 0 Å². The van der Waals surface area contributed by atoms with Crippen LogP contribution in [0.1, 0.15) is 105 Å². The zero-order valence-corrected chi connectivity index (χ0v) is 27.0. The van der Waals surface area contributed by atoms with Crippen molar-refractivity contribution in [2.75, 3.05) is 32.9 Å². The van der Waals surface area contributed by atoms with Gasteiger partial charge in [-0.2, -0.15) is 0 Å². The van der Waals surface area contributed by atoms with Gasteiger partial charge in [-0.05, 0) is 111 Å². The van der Waals surface area contributed by atoms with Crippen molar-refractivity contribution in [3.8, 4) is 0 Å². The van der Waals surface area contributed by atoms with Crippen molar-refractivity contribution in [1.82, 2.24) is 5.32 Å². The molecule has 40 heavy (non-hydrogen) atoms. The molecule has 8 heteroatoms. The molecule has 0 aromatic rings. The zero-order valence-electron chi connectivity index (χ0n) is 26.2. The topological polar surface area (TPSA) is 107 Å². The zero-order chi connectivity index (χ0) is 29.5. The van der Waals surface area contributed by atoms with Crippen LogP contribution >= 0.6 is 0 Å². The second kappa shape index (κ2) is 12.1. The average molecular weight is 583 g/mol. The lowest BCUT2D eigenvalue weighted by Crippen LogP contribution is -2.53. The summed E-state index contributed by atoms with van der Waals surface area (Å²) in [6.07, 6.45) is 14.4. The largest absolute Gasteiger partial charge is 0.748 e. The molecule has 4 rings (SSSR count). The Morgan fingerprint density at radius 1 is 0.975 bits per heavy atom. The summed E-state index contributed by atoms with van der Waals surface area (Å²) in [5.41, 5.74) is 1.00. The fourth-order valence-electron chi connectivity index (χ4n) is 10.9. The van der Waals surface area contributed by atoms with E-state index in [1.807, 2.05) is 21.0 Å². The molecule has 4 aliphatic carbocycles. The van der Waals surface area contributed by atoms with Crippen LogP contribution in [0.4, 0.5) is 0 Å². The van der Waals surface area contributed by atoms with Crippen molar-refractivity contribution in [1.29, 1.82) is 0 Å². The highest BCUT2D eigenvalue weighted by Crippen LogP contribution is 2.68. The summed E-state index contributed by atoms with van der Waals surface area (Å²) in [7, 11) is -0.724. The predicted molar refractivity (Wildman–Crippen MR) is 158 cm³/mol. The van der Waals surface area contributed by atoms with Gasteiger partial charge in [0, 0.05) is 6.42 Å². The van der Waals surface area contributed by atoms with Gasteiger partial charge in [0.25, 0.3) is 0 Å². The Labute approximate surface area is 244 Å². The Hall–Kier alpha value is -0.700. The molecule has 0 bridgehead atoms. The summed E-state index contributed by atoms with van der Waals surface area (Å²) >= 11 is 0. The molecule has 0 aromatic heterocycles. The molecule has 2 N–H and O–H groups in total. The third-order valence-electron chi connectivity index (χ3n) is 12.4. The lowest BCUT2D eigenvalue weighted by Gasteiger charge is -2.61. The van der Waals surface area contributed by atoms with Gasteiger partial charge in [-0.1, -0.05) is 33.6 Å². The van der Waals surface area contributed by atoms with Gasteiger partial charge in [-0.3, -0.25) is 4.79 Å². The van der Waals surface area contributed by atoms with Crippen LogP contribution in [0.3, 0.4) is 0 Å². The number of aliphatic hydroxyl groups is 1. The molecule has 4 aliphatic rings. The number of hydrogen-bond acceptors (Lipinski definition) is 5. The van der Waals surface area contributed by atoms with Gasteiger partial charge in [0.15, 0.2) is 0 Å². The van der Waals surface area contributed by atoms with E-state index in [-0.39, 0.29) is 18.5 Å². The minimum atomic E-state index is -4.47. The molecule has 232 valence electrons. The van der Waals surface area contributed by atoms with Crippen molar-refractivity contribution < 1.29 is 27.4 Å². The quantitative estimate of drug-likeness (QED) is 0.265. The van der Waals surface area contributed by atoms with Crippen molar-refractivity contribution in [3.63, 3.8) is 0 Å². The molecular formula is C32H58N2O5S. The van der Waals surface area contributed by atoms with Crippen LogP contribution in [0.25, 0.3) is 0 Å². The Morgan fingerprint density at radius 3 is 2.38 bits per heavy atom. The molecule has 1 amide bonds. The molecule has 7 nitrogen and oxygen atoms in total. The van der Waals surface area contributed by atoms with E-state index in [2.05, 4.69) is 26.1 Å². The van der Waals surface area contributed by atoms with E-state index in [1.54, 1.807) is 0 Å². The first-order chi connectivity index (χ1) is 18.5. The van der Waals surface area contributed by atoms with Crippen LogP contribution in [0.2, 0.25) is 0 Å². The Morgan fingerprint density at radius 2 is 1.68 bits per heavy atom. The molecule has 0 aromatic carbocycles. The number of carbonyl (C=O) groups excluding carboxylic acids is 1. The van der Waals surface area contributed by atoms with E-state index < -0.39 is 22.0 Å². The maximum Gasteiger partial charge on any atom is 0.220 e. The smallest absolute Gasteiger partial charge is 0.220 e. The number of fused-ring (bicyclic) bond motifs is 5. The van der Waals surface area contributed by atoms with Crippen LogP contribution in [0, 0.1) is 46.3 Å². The normalized spacial score (nSPS) is 38.5. The maximum absolute atomic E-state index is 12.9. The predicted octanol–water partition coefficient (Wildman–Crippen LogP) is 4.94. The molecule has 0 heterocycles. The molecule has 0 saturated heterocycles. The number of quaternary nitrogens is 1. The van der Waals surface area contributed by atoms with E-state index in [1.165, 1.54) is 64.2 Å². The molecule has 4 saturated carbocycles. The first kappa shape index (κ1) is 32.2. The Bertz CT molecular complexity index is 1000. The number of rotatable bonds is 11. The van der Waals surface area contributed by atoms with Crippen LogP contribution in [0.15, 0.2) is 0 Å². The van der Waals surface area contributed by atoms with E-state index in [0.717, 1.165) is 30.1 Å². The second-order valence-corrected chi connectivity index (χ2v) is 17.2. The SMILES string of the molecule is CC(C[N+](C)(C)CC(O)CS(=O)(=O)[O-])NC(=O)CC[C@@H](C)[C@H]1CCC2C3CCC4CCCC[C@]4(C)C3CC[C@@]21C. The molecule has 0 radical (unpaired) electrons. The van der Waals surface area contributed by atoms with Crippen molar-refractivity contribution in [2.24, 2.45) is 46.3 Å². The fourth-order valence-corrected chi connectivity index (χ4v) is 11.5. The van der Waals surface area contributed by atoms with Crippen LogP contribution in [0.5, 0.6) is 0 Å². The average Bonchev–Trinajstić information content (AvgIpc) is 3.17. The van der Waals surface area contributed by atoms with Gasteiger partial charge in [0.2, 0.25) is 5.91 Å². The van der Waals surface area contributed by atoms with Crippen LogP contribution in [-0.4, -0.2) is 73.6 Å². The van der Waals surface area contributed by atoms with Gasteiger partial charge in [-0.15, -0.1) is 0 Å². The third kappa shape index (κ3) is 7.08. The van der Waals surface area contributed by atoms with Gasteiger partial charge in [0.1, 0.15) is 12.6 Å². The number of hydrogen-bond donors (Lipinski definition) is 2. The van der Waals surface area contributed by atoms with Gasteiger partial charge in [0.05, 0.1) is 42.6 Å². The molecular weight excluding hydrogens is 524 g/mol. The minimum Gasteiger partial charge on any atom is -0.748 e. The summed E-state index contributed by atoms with van der Waals surface area (Å²) in [5.74, 6) is 4.18. The maximum atomic E-state index is 12.9. The van der Waals surface area contributed by atoms with Crippen molar-refractivity contribution in [3.05, 3.63) is 0 Å². The Balaban J connectivity index is 1.26.